The van der Waals surface area contributed by atoms with Gasteiger partial charge in [0.25, 0.3) is 5.91 Å². The highest BCUT2D eigenvalue weighted by Gasteiger charge is 2.36. The molecule has 1 amide bonds. The summed E-state index contributed by atoms with van der Waals surface area (Å²) in [5.74, 6) is -0.468. The van der Waals surface area contributed by atoms with E-state index in [1.54, 1.807) is 23.7 Å². The fourth-order valence-electron chi connectivity index (χ4n) is 2.95. The lowest BCUT2D eigenvalue weighted by molar-refractivity contribution is -0.110. The molecular weight excluding hydrogens is 414 g/mol. The van der Waals surface area contributed by atoms with Gasteiger partial charge in [0.2, 0.25) is 0 Å². The molecule has 1 N–H and O–H groups in total. The van der Waals surface area contributed by atoms with Crippen LogP contribution in [0, 0.1) is 0 Å². The Kier molecular flexibility index (Phi) is 5.93. The largest absolute Gasteiger partial charge is 0.392 e. The van der Waals surface area contributed by atoms with E-state index in [1.807, 2.05) is 0 Å². The number of aromatic nitrogens is 1. The second-order valence-corrected chi connectivity index (χ2v) is 10.0. The SMILES string of the molecule is O=C(Nc1nccs1)C(=NOC1CCOCC1)c1ccc(S(=O)(=O)C2CC2)cc1. The quantitative estimate of drug-likeness (QED) is 0.529. The van der Waals surface area contributed by atoms with Crippen LogP contribution in [0.25, 0.3) is 0 Å². The van der Waals surface area contributed by atoms with Gasteiger partial charge in [-0.15, -0.1) is 11.3 Å². The smallest absolute Gasteiger partial charge is 0.280 e. The third-order valence-electron chi connectivity index (χ3n) is 4.75. The monoisotopic (exact) mass is 435 g/mol. The molecule has 1 aliphatic heterocycles. The van der Waals surface area contributed by atoms with Gasteiger partial charge in [-0.1, -0.05) is 17.3 Å². The molecule has 0 spiro atoms. The standard InChI is InChI=1S/C19H21N3O5S2/c23-18(21-19-20-9-12-28-19)17(22-27-14-7-10-26-11-8-14)13-1-3-15(4-2-13)29(24,25)16-5-6-16/h1-4,9,12,14,16H,5-8,10-11H2,(H,20,21,23). The maximum absolute atomic E-state index is 12.8. The van der Waals surface area contributed by atoms with E-state index < -0.39 is 15.7 Å². The Bertz CT molecular complexity index is 977. The molecule has 0 unspecified atom stereocenters. The Morgan fingerprint density at radius 2 is 1.90 bits per heavy atom. The van der Waals surface area contributed by atoms with Crippen LogP contribution in [-0.4, -0.2) is 49.6 Å². The molecule has 2 fully saturated rings. The molecule has 1 aliphatic carbocycles. The van der Waals surface area contributed by atoms with E-state index in [9.17, 15) is 13.2 Å². The van der Waals surface area contributed by atoms with Crippen LogP contribution < -0.4 is 5.32 Å². The third kappa shape index (κ3) is 4.82. The summed E-state index contributed by atoms with van der Waals surface area (Å²) < 4.78 is 30.1. The highest BCUT2D eigenvalue weighted by Crippen LogP contribution is 2.33. The minimum atomic E-state index is -3.29. The molecule has 0 bridgehead atoms. The maximum Gasteiger partial charge on any atom is 0.280 e. The second-order valence-electron chi connectivity index (χ2n) is 6.92. The molecule has 8 nitrogen and oxygen atoms in total. The van der Waals surface area contributed by atoms with Crippen molar-refractivity contribution in [3.63, 3.8) is 0 Å². The summed E-state index contributed by atoms with van der Waals surface area (Å²) in [4.78, 5) is 22.7. The Hall–Kier alpha value is -2.30. The molecule has 0 radical (unpaired) electrons. The third-order valence-corrected chi connectivity index (χ3v) is 7.72. The number of anilines is 1. The second kappa shape index (κ2) is 8.60. The van der Waals surface area contributed by atoms with Crippen molar-refractivity contribution in [1.29, 1.82) is 0 Å². The summed E-state index contributed by atoms with van der Waals surface area (Å²) in [6, 6.07) is 6.21. The normalized spacial score (nSPS) is 18.4. The number of hydrogen-bond donors (Lipinski definition) is 1. The number of rotatable bonds is 7. The molecule has 1 saturated carbocycles. The van der Waals surface area contributed by atoms with E-state index >= 15 is 0 Å². The molecule has 2 aromatic rings. The first-order chi connectivity index (χ1) is 14.0. The lowest BCUT2D eigenvalue weighted by atomic mass is 10.1. The fourth-order valence-corrected chi connectivity index (χ4v) is 5.13. The van der Waals surface area contributed by atoms with Crippen LogP contribution >= 0.6 is 11.3 Å². The van der Waals surface area contributed by atoms with E-state index in [-0.39, 0.29) is 22.0 Å². The molecule has 0 atom stereocenters. The molecule has 154 valence electrons. The van der Waals surface area contributed by atoms with E-state index in [0.717, 1.165) is 0 Å². The summed E-state index contributed by atoms with van der Waals surface area (Å²) in [5.41, 5.74) is 0.544. The van der Waals surface area contributed by atoms with Crippen molar-refractivity contribution in [3.05, 3.63) is 41.4 Å². The zero-order valence-electron chi connectivity index (χ0n) is 15.6. The number of carbonyl (C=O) groups is 1. The van der Waals surface area contributed by atoms with Crippen molar-refractivity contribution in [3.8, 4) is 0 Å². The summed E-state index contributed by atoms with van der Waals surface area (Å²) in [7, 11) is -3.29. The van der Waals surface area contributed by atoms with Gasteiger partial charge in [-0.2, -0.15) is 0 Å². The van der Waals surface area contributed by atoms with Crippen LogP contribution in [0.3, 0.4) is 0 Å². The van der Waals surface area contributed by atoms with Gasteiger partial charge in [-0.25, -0.2) is 13.4 Å². The van der Waals surface area contributed by atoms with Crippen molar-refractivity contribution in [2.75, 3.05) is 18.5 Å². The van der Waals surface area contributed by atoms with Crippen LogP contribution in [0.5, 0.6) is 0 Å². The summed E-state index contributed by atoms with van der Waals surface area (Å²) in [6.07, 6.45) is 4.26. The lowest BCUT2D eigenvalue weighted by Gasteiger charge is -2.20. The van der Waals surface area contributed by atoms with Crippen LogP contribution in [0.2, 0.25) is 0 Å². The number of thiazole rings is 1. The van der Waals surface area contributed by atoms with Crippen LogP contribution in [0.4, 0.5) is 5.13 Å². The highest BCUT2D eigenvalue weighted by atomic mass is 32.2. The topological polar surface area (TPSA) is 107 Å². The van der Waals surface area contributed by atoms with Crippen molar-refractivity contribution < 1.29 is 22.8 Å². The zero-order valence-corrected chi connectivity index (χ0v) is 17.2. The van der Waals surface area contributed by atoms with Gasteiger partial charge in [0.05, 0.1) is 23.4 Å². The van der Waals surface area contributed by atoms with Gasteiger partial charge >= 0.3 is 0 Å². The van der Waals surface area contributed by atoms with Crippen LogP contribution in [-0.2, 0) is 24.2 Å². The number of oxime groups is 1. The number of carbonyl (C=O) groups excluding carboxylic acids is 1. The number of ether oxygens (including phenoxy) is 1. The molecule has 4 rings (SSSR count). The summed E-state index contributed by atoms with van der Waals surface area (Å²) >= 11 is 1.29. The predicted octanol–water partition coefficient (Wildman–Crippen LogP) is 2.62. The van der Waals surface area contributed by atoms with Crippen molar-refractivity contribution in [1.82, 2.24) is 4.98 Å². The number of sulfone groups is 1. The highest BCUT2D eigenvalue weighted by molar-refractivity contribution is 7.92. The molecule has 2 aliphatic rings. The van der Waals surface area contributed by atoms with E-state index in [1.165, 1.54) is 23.5 Å². The lowest BCUT2D eigenvalue weighted by Crippen LogP contribution is -2.27. The number of hydrogen-bond acceptors (Lipinski definition) is 8. The average molecular weight is 436 g/mol. The Labute approximate surface area is 172 Å². The van der Waals surface area contributed by atoms with Crippen LogP contribution in [0.15, 0.2) is 45.9 Å². The number of benzene rings is 1. The molecular formula is C19H21N3O5S2. The molecule has 1 aromatic carbocycles. The minimum Gasteiger partial charge on any atom is -0.392 e. The molecule has 1 saturated heterocycles. The number of nitrogens with one attached hydrogen (secondary N) is 1. The van der Waals surface area contributed by atoms with Crippen molar-refractivity contribution in [2.24, 2.45) is 5.16 Å². The van der Waals surface area contributed by atoms with Gasteiger partial charge in [0.1, 0.15) is 6.10 Å². The maximum atomic E-state index is 12.8. The summed E-state index contributed by atoms with van der Waals surface area (Å²) in [5, 5.41) is 8.72. The Balaban J connectivity index is 1.57. The van der Waals surface area contributed by atoms with E-state index in [4.69, 9.17) is 9.57 Å². The van der Waals surface area contributed by atoms with Gasteiger partial charge in [0, 0.05) is 30.0 Å². The Morgan fingerprint density at radius 1 is 1.17 bits per heavy atom. The summed E-state index contributed by atoms with van der Waals surface area (Å²) in [6.45, 7) is 1.18. The first-order valence-corrected chi connectivity index (χ1v) is 11.8. The van der Waals surface area contributed by atoms with Crippen molar-refractivity contribution >= 4 is 37.9 Å². The zero-order chi connectivity index (χ0) is 20.3. The number of amides is 1. The van der Waals surface area contributed by atoms with E-state index in [2.05, 4.69) is 15.5 Å². The van der Waals surface area contributed by atoms with Gasteiger partial charge in [0.15, 0.2) is 20.7 Å². The molecule has 10 heteroatoms. The molecule has 1 aromatic heterocycles. The Morgan fingerprint density at radius 3 is 2.52 bits per heavy atom. The number of nitrogens with zero attached hydrogens (tertiary/aromatic N) is 2. The van der Waals surface area contributed by atoms with Gasteiger partial charge < -0.3 is 9.57 Å². The molecule has 2 heterocycles. The molecule has 29 heavy (non-hydrogen) atoms. The fraction of sp³-hybridized carbons (Fsp3) is 0.421. The average Bonchev–Trinajstić information content (AvgIpc) is 3.48. The van der Waals surface area contributed by atoms with E-state index in [0.29, 0.717) is 49.6 Å². The first-order valence-electron chi connectivity index (χ1n) is 9.41. The van der Waals surface area contributed by atoms with Crippen molar-refractivity contribution in [2.45, 2.75) is 41.9 Å². The van der Waals surface area contributed by atoms with Crippen LogP contribution in [0.1, 0.15) is 31.2 Å². The first kappa shape index (κ1) is 20.0. The van der Waals surface area contributed by atoms with Gasteiger partial charge in [-0.3, -0.25) is 10.1 Å². The van der Waals surface area contributed by atoms with Gasteiger partial charge in [-0.05, 0) is 25.0 Å². The predicted molar refractivity (Wildman–Crippen MR) is 109 cm³/mol. The minimum absolute atomic E-state index is 0.0714.